The highest BCUT2D eigenvalue weighted by Crippen LogP contribution is 2.14. The van der Waals surface area contributed by atoms with Crippen LogP contribution in [0, 0.1) is 10.1 Å². The van der Waals surface area contributed by atoms with Gasteiger partial charge in [-0.05, 0) is 0 Å². The van der Waals surface area contributed by atoms with Crippen molar-refractivity contribution in [3.8, 4) is 0 Å². The van der Waals surface area contributed by atoms with Crippen molar-refractivity contribution in [1.82, 2.24) is 9.97 Å². The number of nitrogens with zero attached hydrogens (tertiary/aromatic N) is 1. The molecule has 0 saturated heterocycles. The number of aromatic amines is 2. The van der Waals surface area contributed by atoms with Gasteiger partial charge in [-0.15, -0.1) is 0 Å². The van der Waals surface area contributed by atoms with Crippen LogP contribution in [0.5, 0.6) is 0 Å². The molecule has 0 fully saturated rings. The number of nitro groups is 1. The number of hydrogen-bond acceptors (Lipinski definition) is 5. The molecule has 1 unspecified atom stereocenters. The quantitative estimate of drug-likeness (QED) is 0.393. The highest BCUT2D eigenvalue weighted by molar-refractivity contribution is 5.44. The third kappa shape index (κ3) is 1.60. The molecule has 0 aromatic carbocycles. The first-order valence-electron chi connectivity index (χ1n) is 4.31. The van der Waals surface area contributed by atoms with Crippen LogP contribution in [0.3, 0.4) is 0 Å². The maximum Gasteiger partial charge on any atom is 0.327 e. The second-order valence-electron chi connectivity index (χ2n) is 3.29. The Kier molecular flexibility index (Phi) is 2.03. The van der Waals surface area contributed by atoms with Crippen LogP contribution >= 0.6 is 0 Å². The lowest BCUT2D eigenvalue weighted by Crippen LogP contribution is -2.40. The van der Waals surface area contributed by atoms with E-state index in [0.717, 1.165) is 0 Å². The molecular weight excluding hydrogens is 204 g/mol. The normalized spacial score (nSPS) is 19.1. The van der Waals surface area contributed by atoms with E-state index < -0.39 is 22.2 Å². The van der Waals surface area contributed by atoms with E-state index in [9.17, 15) is 19.7 Å². The standard InChI is InChI=1S/C7H8N4O4/c12-6-4-1-3(11(14)15)2-8-5(4)9-7(13)10-6/h3H,1-2H2,(H3,8,9,10,12,13). The zero-order chi connectivity index (χ0) is 11.0. The molecule has 0 saturated carbocycles. The van der Waals surface area contributed by atoms with Gasteiger partial charge in [0.2, 0.25) is 6.04 Å². The number of anilines is 1. The summed E-state index contributed by atoms with van der Waals surface area (Å²) in [5.41, 5.74) is -0.971. The first-order valence-corrected chi connectivity index (χ1v) is 4.31. The summed E-state index contributed by atoms with van der Waals surface area (Å²) >= 11 is 0. The third-order valence-corrected chi connectivity index (χ3v) is 2.29. The smallest absolute Gasteiger partial charge is 0.327 e. The van der Waals surface area contributed by atoms with Gasteiger partial charge in [0, 0.05) is 4.92 Å². The average Bonchev–Trinajstić information content (AvgIpc) is 2.16. The minimum absolute atomic E-state index is 0.0292. The number of rotatable bonds is 1. The molecular formula is C7H8N4O4. The summed E-state index contributed by atoms with van der Waals surface area (Å²) in [5.74, 6) is 0.279. The largest absolute Gasteiger partial charge is 0.364 e. The summed E-state index contributed by atoms with van der Waals surface area (Å²) in [7, 11) is 0. The lowest BCUT2D eigenvalue weighted by atomic mass is 10.0. The van der Waals surface area contributed by atoms with Gasteiger partial charge in [0.25, 0.3) is 5.56 Å². The molecule has 8 nitrogen and oxygen atoms in total. The van der Waals surface area contributed by atoms with Gasteiger partial charge >= 0.3 is 5.69 Å². The van der Waals surface area contributed by atoms with Gasteiger partial charge in [0.05, 0.1) is 18.5 Å². The molecule has 1 aromatic heterocycles. The Bertz CT molecular complexity index is 516. The molecule has 0 bridgehead atoms. The molecule has 1 atom stereocenters. The van der Waals surface area contributed by atoms with Crippen molar-refractivity contribution >= 4 is 5.82 Å². The van der Waals surface area contributed by atoms with Crippen LogP contribution in [-0.2, 0) is 6.42 Å². The van der Waals surface area contributed by atoms with Crippen molar-refractivity contribution in [2.24, 2.45) is 0 Å². The number of hydrogen-bond donors (Lipinski definition) is 3. The fourth-order valence-corrected chi connectivity index (χ4v) is 1.53. The maximum absolute atomic E-state index is 11.3. The summed E-state index contributed by atoms with van der Waals surface area (Å²) in [6.07, 6.45) is 0.0292. The fourth-order valence-electron chi connectivity index (χ4n) is 1.53. The molecule has 0 radical (unpaired) electrons. The Morgan fingerprint density at radius 1 is 1.33 bits per heavy atom. The molecule has 2 heterocycles. The Hall–Kier alpha value is -2.12. The van der Waals surface area contributed by atoms with E-state index in [1.165, 1.54) is 0 Å². The summed E-state index contributed by atoms with van der Waals surface area (Å²) in [4.78, 5) is 36.7. The SMILES string of the molecule is O=c1[nH]c2c(c(=O)[nH]1)CC([N+](=O)[O-])CN2. The van der Waals surface area contributed by atoms with E-state index >= 15 is 0 Å². The van der Waals surface area contributed by atoms with Crippen LogP contribution in [0.1, 0.15) is 5.56 Å². The van der Waals surface area contributed by atoms with Gasteiger partial charge in [-0.25, -0.2) is 4.79 Å². The lowest BCUT2D eigenvalue weighted by Gasteiger charge is -2.18. The van der Waals surface area contributed by atoms with Gasteiger partial charge < -0.3 is 5.32 Å². The molecule has 15 heavy (non-hydrogen) atoms. The van der Waals surface area contributed by atoms with Crippen molar-refractivity contribution in [2.75, 3.05) is 11.9 Å². The minimum atomic E-state index is -0.829. The Labute approximate surface area is 82.5 Å². The molecule has 8 heteroatoms. The molecule has 80 valence electrons. The van der Waals surface area contributed by atoms with E-state index in [0.29, 0.717) is 0 Å². The zero-order valence-electron chi connectivity index (χ0n) is 7.57. The molecule has 1 aliphatic heterocycles. The average molecular weight is 212 g/mol. The van der Waals surface area contributed by atoms with Crippen molar-refractivity contribution in [3.63, 3.8) is 0 Å². The molecule has 1 aromatic rings. The van der Waals surface area contributed by atoms with Crippen LogP contribution in [-0.4, -0.2) is 27.5 Å². The second kappa shape index (κ2) is 3.23. The van der Waals surface area contributed by atoms with E-state index in [1.807, 2.05) is 4.98 Å². The van der Waals surface area contributed by atoms with E-state index in [1.54, 1.807) is 0 Å². The summed E-state index contributed by atoms with van der Waals surface area (Å²) < 4.78 is 0. The first kappa shape index (κ1) is 9.44. The Morgan fingerprint density at radius 2 is 2.07 bits per heavy atom. The highest BCUT2D eigenvalue weighted by atomic mass is 16.6. The van der Waals surface area contributed by atoms with Gasteiger partial charge in [-0.3, -0.25) is 24.9 Å². The number of H-pyrrole nitrogens is 2. The maximum atomic E-state index is 11.3. The van der Waals surface area contributed by atoms with Crippen LogP contribution in [0.25, 0.3) is 0 Å². The van der Waals surface area contributed by atoms with E-state index in [2.05, 4.69) is 10.3 Å². The zero-order valence-corrected chi connectivity index (χ0v) is 7.57. The second-order valence-corrected chi connectivity index (χ2v) is 3.29. The predicted octanol–water partition coefficient (Wildman–Crippen LogP) is -1.32. The monoisotopic (exact) mass is 212 g/mol. The highest BCUT2D eigenvalue weighted by Gasteiger charge is 2.29. The first-order chi connectivity index (χ1) is 7.08. The minimum Gasteiger partial charge on any atom is -0.364 e. The molecule has 0 aliphatic carbocycles. The number of nitrogens with one attached hydrogen (secondary N) is 3. The van der Waals surface area contributed by atoms with Gasteiger partial charge in [0.1, 0.15) is 5.82 Å². The molecule has 0 amide bonds. The van der Waals surface area contributed by atoms with Crippen molar-refractivity contribution in [1.29, 1.82) is 0 Å². The summed E-state index contributed by atoms with van der Waals surface area (Å²) in [5, 5.41) is 13.2. The van der Waals surface area contributed by atoms with Gasteiger partial charge in [-0.2, -0.15) is 0 Å². The van der Waals surface area contributed by atoms with Gasteiger partial charge in [-0.1, -0.05) is 0 Å². The molecule has 1 aliphatic rings. The van der Waals surface area contributed by atoms with E-state index in [4.69, 9.17) is 0 Å². The van der Waals surface area contributed by atoms with Crippen LogP contribution in [0.2, 0.25) is 0 Å². The number of aromatic nitrogens is 2. The topological polar surface area (TPSA) is 121 Å². The fraction of sp³-hybridized carbons (Fsp3) is 0.429. The van der Waals surface area contributed by atoms with Crippen LogP contribution in [0.15, 0.2) is 9.59 Å². The van der Waals surface area contributed by atoms with E-state index in [-0.39, 0.29) is 24.3 Å². The molecule has 2 rings (SSSR count). The predicted molar refractivity (Wildman–Crippen MR) is 50.7 cm³/mol. The number of fused-ring (bicyclic) bond motifs is 1. The van der Waals surface area contributed by atoms with Crippen molar-refractivity contribution < 1.29 is 4.92 Å². The van der Waals surface area contributed by atoms with Crippen molar-refractivity contribution in [2.45, 2.75) is 12.5 Å². The molecule has 3 N–H and O–H groups in total. The molecule has 0 spiro atoms. The Balaban J connectivity index is 2.46. The van der Waals surface area contributed by atoms with Crippen LogP contribution < -0.4 is 16.6 Å². The summed E-state index contributed by atoms with van der Waals surface area (Å²) in [6.45, 7) is 0.111. The lowest BCUT2D eigenvalue weighted by molar-refractivity contribution is -0.518. The summed E-state index contributed by atoms with van der Waals surface area (Å²) in [6, 6.07) is -0.829. The van der Waals surface area contributed by atoms with Crippen LogP contribution in [0.4, 0.5) is 5.82 Å². The van der Waals surface area contributed by atoms with Gasteiger partial charge in [0.15, 0.2) is 0 Å². The third-order valence-electron chi connectivity index (χ3n) is 2.29. The van der Waals surface area contributed by atoms with Crippen molar-refractivity contribution in [3.05, 3.63) is 36.5 Å². The Morgan fingerprint density at radius 3 is 2.73 bits per heavy atom.